The molecule has 1 aliphatic rings. The van der Waals surface area contributed by atoms with Crippen LogP contribution in [-0.2, 0) is 4.79 Å². The third kappa shape index (κ3) is 5.73. The van der Waals surface area contributed by atoms with Gasteiger partial charge < -0.3 is 5.32 Å². The fourth-order valence-electron chi connectivity index (χ4n) is 3.19. The molecule has 0 unspecified atom stereocenters. The summed E-state index contributed by atoms with van der Waals surface area (Å²) in [7, 11) is 0. The highest BCUT2D eigenvalue weighted by molar-refractivity contribution is 8.01. The zero-order chi connectivity index (χ0) is 20.8. The summed E-state index contributed by atoms with van der Waals surface area (Å²) in [4.78, 5) is 35.0. The Labute approximate surface area is 175 Å². The van der Waals surface area contributed by atoms with E-state index in [0.717, 1.165) is 37.0 Å². The number of nitro groups is 1. The number of amides is 2. The van der Waals surface area contributed by atoms with Crippen molar-refractivity contribution in [3.63, 3.8) is 0 Å². The molecule has 1 aromatic carbocycles. The average Bonchev–Trinajstić information content (AvgIpc) is 3.14. The van der Waals surface area contributed by atoms with Gasteiger partial charge in [0.05, 0.1) is 10.7 Å². The number of hydrogen-bond acceptors (Lipinski definition) is 8. The SMILES string of the molecule is Cc1c(C(=O)Nc2nnc(SCC(=O)NC3CCCCC3)s2)cccc1[N+](=O)[O-]. The first kappa shape index (κ1) is 21.2. The third-order valence-electron chi connectivity index (χ3n) is 4.67. The summed E-state index contributed by atoms with van der Waals surface area (Å²) < 4.78 is 0.565. The fraction of sp³-hybridized carbons (Fsp3) is 0.444. The molecule has 2 N–H and O–H groups in total. The monoisotopic (exact) mass is 435 g/mol. The van der Waals surface area contributed by atoms with Gasteiger partial charge in [-0.05, 0) is 25.8 Å². The summed E-state index contributed by atoms with van der Waals surface area (Å²) >= 11 is 2.42. The van der Waals surface area contributed by atoms with Crippen LogP contribution in [0.2, 0.25) is 0 Å². The van der Waals surface area contributed by atoms with E-state index in [4.69, 9.17) is 0 Å². The van der Waals surface area contributed by atoms with E-state index in [1.165, 1.54) is 43.3 Å². The number of anilines is 1. The lowest BCUT2D eigenvalue weighted by molar-refractivity contribution is -0.385. The Morgan fingerprint density at radius 2 is 2.03 bits per heavy atom. The first-order valence-corrected chi connectivity index (χ1v) is 11.1. The first-order chi connectivity index (χ1) is 13.9. The number of thioether (sulfide) groups is 1. The largest absolute Gasteiger partial charge is 0.353 e. The molecule has 1 aliphatic carbocycles. The van der Waals surface area contributed by atoms with Crippen LogP contribution in [0.4, 0.5) is 10.8 Å². The Bertz CT molecular complexity index is 911. The lowest BCUT2D eigenvalue weighted by atomic mass is 9.95. The van der Waals surface area contributed by atoms with E-state index in [-0.39, 0.29) is 39.6 Å². The van der Waals surface area contributed by atoms with Crippen molar-refractivity contribution in [3.8, 4) is 0 Å². The van der Waals surface area contributed by atoms with Crippen molar-refractivity contribution in [2.45, 2.75) is 49.4 Å². The van der Waals surface area contributed by atoms with Crippen LogP contribution in [0.3, 0.4) is 0 Å². The number of rotatable bonds is 7. The van der Waals surface area contributed by atoms with Gasteiger partial charge in [-0.25, -0.2) is 0 Å². The van der Waals surface area contributed by atoms with E-state index in [0.29, 0.717) is 4.34 Å². The fourth-order valence-corrected chi connectivity index (χ4v) is 4.75. The molecule has 1 saturated carbocycles. The van der Waals surface area contributed by atoms with Crippen molar-refractivity contribution >= 4 is 45.7 Å². The zero-order valence-electron chi connectivity index (χ0n) is 15.8. The number of nitro benzene ring substituents is 1. The van der Waals surface area contributed by atoms with Gasteiger partial charge in [-0.15, -0.1) is 10.2 Å². The molecule has 9 nitrogen and oxygen atoms in total. The maximum Gasteiger partial charge on any atom is 0.273 e. The molecule has 1 aromatic heterocycles. The smallest absolute Gasteiger partial charge is 0.273 e. The topological polar surface area (TPSA) is 127 Å². The first-order valence-electron chi connectivity index (χ1n) is 9.25. The molecule has 3 rings (SSSR count). The minimum Gasteiger partial charge on any atom is -0.353 e. The van der Waals surface area contributed by atoms with Crippen LogP contribution >= 0.6 is 23.1 Å². The highest BCUT2D eigenvalue weighted by atomic mass is 32.2. The van der Waals surface area contributed by atoms with Crippen molar-refractivity contribution < 1.29 is 14.5 Å². The number of nitrogens with one attached hydrogen (secondary N) is 2. The van der Waals surface area contributed by atoms with Crippen molar-refractivity contribution in [1.82, 2.24) is 15.5 Å². The highest BCUT2D eigenvalue weighted by Crippen LogP contribution is 2.27. The zero-order valence-corrected chi connectivity index (χ0v) is 17.5. The van der Waals surface area contributed by atoms with Gasteiger partial charge in [-0.1, -0.05) is 48.4 Å². The summed E-state index contributed by atoms with van der Waals surface area (Å²) in [5.41, 5.74) is 0.374. The number of hydrogen-bond donors (Lipinski definition) is 2. The van der Waals surface area contributed by atoms with Crippen molar-refractivity contribution in [2.24, 2.45) is 0 Å². The molecular formula is C18H21N5O4S2. The molecule has 1 fully saturated rings. The van der Waals surface area contributed by atoms with Crippen LogP contribution in [-0.4, -0.2) is 38.7 Å². The van der Waals surface area contributed by atoms with Crippen LogP contribution in [0.15, 0.2) is 22.5 Å². The summed E-state index contributed by atoms with van der Waals surface area (Å²) in [6.45, 7) is 1.53. The van der Waals surface area contributed by atoms with Gasteiger partial charge in [0.1, 0.15) is 0 Å². The van der Waals surface area contributed by atoms with Gasteiger partial charge >= 0.3 is 0 Å². The van der Waals surface area contributed by atoms with E-state index in [2.05, 4.69) is 20.8 Å². The van der Waals surface area contributed by atoms with E-state index in [1.807, 2.05) is 0 Å². The highest BCUT2D eigenvalue weighted by Gasteiger charge is 2.20. The number of nitrogens with zero attached hydrogens (tertiary/aromatic N) is 3. The maximum absolute atomic E-state index is 12.4. The minimum atomic E-state index is -0.524. The van der Waals surface area contributed by atoms with Crippen LogP contribution in [0.25, 0.3) is 0 Å². The van der Waals surface area contributed by atoms with Gasteiger partial charge in [-0.2, -0.15) is 0 Å². The lowest BCUT2D eigenvalue weighted by Crippen LogP contribution is -2.37. The van der Waals surface area contributed by atoms with Gasteiger partial charge in [0.25, 0.3) is 11.6 Å². The van der Waals surface area contributed by atoms with E-state index in [9.17, 15) is 19.7 Å². The Kier molecular flexibility index (Phi) is 7.15. The quantitative estimate of drug-likeness (QED) is 0.295. The van der Waals surface area contributed by atoms with Crippen LogP contribution in [0.1, 0.15) is 48.0 Å². The molecule has 0 saturated heterocycles. The molecule has 0 radical (unpaired) electrons. The van der Waals surface area contributed by atoms with Crippen molar-refractivity contribution in [3.05, 3.63) is 39.4 Å². The number of aromatic nitrogens is 2. The Hall–Kier alpha value is -2.53. The molecule has 29 heavy (non-hydrogen) atoms. The molecule has 0 spiro atoms. The summed E-state index contributed by atoms with van der Waals surface area (Å²) in [5, 5.41) is 24.8. The van der Waals surface area contributed by atoms with E-state index in [1.54, 1.807) is 0 Å². The molecule has 11 heteroatoms. The minimum absolute atomic E-state index is 0.0325. The van der Waals surface area contributed by atoms with Gasteiger partial charge in [0.2, 0.25) is 11.0 Å². The van der Waals surface area contributed by atoms with Crippen molar-refractivity contribution in [1.29, 1.82) is 0 Å². The molecule has 0 atom stereocenters. The maximum atomic E-state index is 12.4. The summed E-state index contributed by atoms with van der Waals surface area (Å²) in [6.07, 6.45) is 5.60. The molecule has 154 valence electrons. The molecule has 0 bridgehead atoms. The Balaban J connectivity index is 1.53. The van der Waals surface area contributed by atoms with E-state index >= 15 is 0 Å². The molecule has 2 aromatic rings. The van der Waals surface area contributed by atoms with Gasteiger partial charge in [0.15, 0.2) is 4.34 Å². The molecular weight excluding hydrogens is 414 g/mol. The van der Waals surface area contributed by atoms with Gasteiger partial charge in [0, 0.05) is 23.2 Å². The molecule has 2 amide bonds. The Morgan fingerprint density at radius 3 is 2.76 bits per heavy atom. The summed E-state index contributed by atoms with van der Waals surface area (Å²) in [5.74, 6) is -0.285. The lowest BCUT2D eigenvalue weighted by Gasteiger charge is -2.22. The van der Waals surface area contributed by atoms with Crippen LogP contribution < -0.4 is 10.6 Å². The predicted octanol–water partition coefficient (Wildman–Crippen LogP) is 3.55. The molecule has 0 aliphatic heterocycles. The van der Waals surface area contributed by atoms with E-state index < -0.39 is 10.8 Å². The van der Waals surface area contributed by atoms with Crippen LogP contribution in [0.5, 0.6) is 0 Å². The molecule has 1 heterocycles. The van der Waals surface area contributed by atoms with Crippen LogP contribution in [0, 0.1) is 17.0 Å². The number of carbonyl (C=O) groups is 2. The average molecular weight is 436 g/mol. The second kappa shape index (κ2) is 9.79. The second-order valence-corrected chi connectivity index (χ2v) is 8.93. The normalized spacial score (nSPS) is 14.4. The second-order valence-electron chi connectivity index (χ2n) is 6.73. The number of carbonyl (C=O) groups excluding carboxylic acids is 2. The van der Waals surface area contributed by atoms with Gasteiger partial charge in [-0.3, -0.25) is 25.0 Å². The number of benzene rings is 1. The summed E-state index contributed by atoms with van der Waals surface area (Å²) in [6, 6.07) is 4.60. The van der Waals surface area contributed by atoms with Crippen molar-refractivity contribution in [2.75, 3.05) is 11.1 Å². The predicted molar refractivity (Wildman–Crippen MR) is 111 cm³/mol. The Morgan fingerprint density at radius 1 is 1.28 bits per heavy atom. The standard InChI is InChI=1S/C18H21N5O4S2/c1-11-13(8-5-9-14(11)23(26)27)16(25)20-17-21-22-18(29-17)28-10-15(24)19-12-6-3-2-4-7-12/h5,8-9,12H,2-4,6-7,10H2,1H3,(H,19,24)(H,20,21,25). The third-order valence-corrected chi connectivity index (χ3v) is 6.64.